The Balaban J connectivity index is -0.00000242. The van der Waals surface area contributed by atoms with Gasteiger partial charge in [0, 0.05) is 59.1 Å². The van der Waals surface area contributed by atoms with Gasteiger partial charge >= 0.3 is 5.97 Å². The van der Waals surface area contributed by atoms with Crippen LogP contribution in [0.15, 0.2) is 0 Å². The molecule has 0 aromatic rings. The first-order chi connectivity index (χ1) is 11.2. The summed E-state index contributed by atoms with van der Waals surface area (Å²) in [4.78, 5) is 10.5. The summed E-state index contributed by atoms with van der Waals surface area (Å²) in [5.74, 6) is -1.06. The first kappa shape index (κ1) is 30.9. The fourth-order valence-electron chi connectivity index (χ4n) is 2.96. The summed E-state index contributed by atoms with van der Waals surface area (Å²) >= 11 is 0. The van der Waals surface area contributed by atoms with Gasteiger partial charge in [0.15, 0.2) is 0 Å². The number of rotatable bonds is 18. The maximum Gasteiger partial charge on any atom is 0.349 e. The molecule has 25 heavy (non-hydrogen) atoms. The van der Waals surface area contributed by atoms with Crippen molar-refractivity contribution >= 4 is 70.8 Å². The van der Waals surface area contributed by atoms with E-state index in [0.717, 1.165) is 12.8 Å². The van der Waals surface area contributed by atoms with E-state index in [-0.39, 0.29) is 64.8 Å². The molecule has 2 N–H and O–H groups in total. The summed E-state index contributed by atoms with van der Waals surface area (Å²) in [6.45, 7) is 2.27. The zero-order valence-electron chi connectivity index (χ0n) is 17.4. The van der Waals surface area contributed by atoms with Gasteiger partial charge in [0.25, 0.3) is 0 Å². The van der Waals surface area contributed by atoms with E-state index >= 15 is 0 Å². The topological polar surface area (TPSA) is 61.2 Å². The van der Waals surface area contributed by atoms with Crippen LogP contribution in [-0.4, -0.2) is 75.9 Å². The minimum Gasteiger partial charge on any atom is -0.477 e. The summed E-state index contributed by atoms with van der Waals surface area (Å²) in [5.41, 5.74) is -0.143. The van der Waals surface area contributed by atoms with Gasteiger partial charge in [-0.15, -0.1) is 0 Å². The molecular weight excluding hydrogens is 332 g/mol. The molecule has 0 saturated heterocycles. The van der Waals surface area contributed by atoms with Crippen LogP contribution in [0.1, 0.15) is 116 Å². The second kappa shape index (κ2) is 25.1. The van der Waals surface area contributed by atoms with Crippen molar-refractivity contribution in [3.63, 3.8) is 0 Å². The third-order valence-electron chi connectivity index (χ3n) is 4.54. The molecule has 138 valence electrons. The van der Waals surface area contributed by atoms with Crippen molar-refractivity contribution in [2.75, 3.05) is 0 Å². The van der Waals surface area contributed by atoms with Gasteiger partial charge in [-0.05, 0) is 12.8 Å². The second-order valence-electron chi connectivity index (χ2n) is 6.84. The maximum atomic E-state index is 10.5. The molecule has 0 unspecified atom stereocenters. The molecule has 0 heterocycles. The average molecular weight is 372 g/mol. The van der Waals surface area contributed by atoms with Crippen LogP contribution in [-0.2, 0) is 4.79 Å². The number of hydrogen-bond acceptors (Lipinski definition) is 2. The van der Waals surface area contributed by atoms with Crippen molar-refractivity contribution < 1.29 is 9.90 Å². The molecule has 0 aliphatic heterocycles. The van der Waals surface area contributed by atoms with Crippen molar-refractivity contribution in [1.29, 1.82) is 5.41 Å². The van der Waals surface area contributed by atoms with E-state index in [0.29, 0.717) is 6.42 Å². The maximum absolute atomic E-state index is 10.5. The summed E-state index contributed by atoms with van der Waals surface area (Å²) in [6, 6.07) is 0. The Morgan fingerprint density at radius 1 is 0.640 bits per heavy atom. The minimum atomic E-state index is -1.06. The average Bonchev–Trinajstić information content (AvgIpc) is 2.54. The molecule has 0 atom stereocenters. The van der Waals surface area contributed by atoms with Gasteiger partial charge in [0.1, 0.15) is 5.71 Å². The van der Waals surface area contributed by atoms with Crippen LogP contribution in [0, 0.1) is 5.41 Å². The van der Waals surface area contributed by atoms with Gasteiger partial charge < -0.3 is 5.11 Å². The molecule has 2 radical (unpaired) electrons. The molecule has 5 heteroatoms. The van der Waals surface area contributed by atoms with E-state index in [2.05, 4.69) is 6.92 Å². The zero-order valence-corrected chi connectivity index (χ0v) is 21.4. The molecule has 0 spiro atoms. The molecule has 0 saturated carbocycles. The van der Waals surface area contributed by atoms with Crippen LogP contribution >= 0.6 is 0 Å². The fourth-order valence-corrected chi connectivity index (χ4v) is 2.96. The van der Waals surface area contributed by atoms with Gasteiger partial charge in [0.2, 0.25) is 0 Å². The van der Waals surface area contributed by atoms with E-state index in [1.54, 1.807) is 0 Å². The van der Waals surface area contributed by atoms with E-state index in [4.69, 9.17) is 10.5 Å². The third-order valence-corrected chi connectivity index (χ3v) is 4.54. The fraction of sp³-hybridized carbons (Fsp3) is 0.900. The number of aliphatic carboxylic acids is 1. The predicted molar refractivity (Wildman–Crippen MR) is 111 cm³/mol. The second-order valence-corrected chi connectivity index (χ2v) is 6.84. The number of carboxylic acids is 1. The van der Waals surface area contributed by atoms with Crippen LogP contribution < -0.4 is 0 Å². The number of hydrogen-bond donors (Lipinski definition) is 2. The van der Waals surface area contributed by atoms with Gasteiger partial charge in [-0.2, -0.15) is 0 Å². The van der Waals surface area contributed by atoms with E-state index in [1.165, 1.54) is 89.9 Å². The van der Waals surface area contributed by atoms with Crippen LogP contribution in [0.2, 0.25) is 0 Å². The summed E-state index contributed by atoms with van der Waals surface area (Å²) in [7, 11) is 0. The van der Waals surface area contributed by atoms with Crippen molar-refractivity contribution in [2.24, 2.45) is 0 Å². The van der Waals surface area contributed by atoms with Gasteiger partial charge in [-0.3, -0.25) is 5.41 Å². The Bertz CT molecular complexity index is 299. The molecular formula is C20H39NNa2O2. The standard InChI is InChI=1S/C20H39NO2.2Na/c1-2-3-4-5-6-7-8-9-10-11-12-13-14-15-16-17-18-19(21)20(22)23;;/h21H,2-18H2,1H3,(H,22,23);;. The summed E-state index contributed by atoms with van der Waals surface area (Å²) < 4.78 is 0. The Kier molecular flexibility index (Phi) is 31.0. The van der Waals surface area contributed by atoms with Crippen LogP contribution in [0.3, 0.4) is 0 Å². The molecule has 0 aromatic carbocycles. The van der Waals surface area contributed by atoms with Gasteiger partial charge in [-0.1, -0.05) is 103 Å². The summed E-state index contributed by atoms with van der Waals surface area (Å²) in [5, 5.41) is 15.8. The smallest absolute Gasteiger partial charge is 0.349 e. The zero-order chi connectivity index (χ0) is 17.2. The van der Waals surface area contributed by atoms with Gasteiger partial charge in [0.05, 0.1) is 0 Å². The van der Waals surface area contributed by atoms with Crippen molar-refractivity contribution in [3.8, 4) is 0 Å². The van der Waals surface area contributed by atoms with Crippen LogP contribution in [0.5, 0.6) is 0 Å². The number of carboxylic acid groups (broad SMARTS) is 1. The Morgan fingerprint density at radius 2 is 0.920 bits per heavy atom. The predicted octanol–water partition coefficient (Wildman–Crippen LogP) is 5.98. The first-order valence-electron chi connectivity index (χ1n) is 9.99. The Morgan fingerprint density at radius 3 is 1.20 bits per heavy atom. The third kappa shape index (κ3) is 25.1. The molecule has 3 nitrogen and oxygen atoms in total. The number of unbranched alkanes of at least 4 members (excludes halogenated alkanes) is 15. The SMILES string of the molecule is CCCCCCCCCCCCCCCCCCC(=N)C(=O)O.[Na].[Na]. The van der Waals surface area contributed by atoms with Crippen LogP contribution in [0.25, 0.3) is 0 Å². The Labute approximate surface area is 200 Å². The summed E-state index contributed by atoms with van der Waals surface area (Å²) in [6.07, 6.45) is 21.5. The molecule has 0 aliphatic carbocycles. The molecule has 0 fully saturated rings. The van der Waals surface area contributed by atoms with Crippen molar-refractivity contribution in [3.05, 3.63) is 0 Å². The van der Waals surface area contributed by atoms with Gasteiger partial charge in [-0.25, -0.2) is 4.79 Å². The molecule has 0 amide bonds. The van der Waals surface area contributed by atoms with E-state index < -0.39 is 5.97 Å². The molecule has 0 bridgehead atoms. The first-order valence-corrected chi connectivity index (χ1v) is 9.99. The molecule has 0 rings (SSSR count). The molecule has 0 aromatic heterocycles. The molecule has 0 aliphatic rings. The van der Waals surface area contributed by atoms with Crippen molar-refractivity contribution in [1.82, 2.24) is 0 Å². The van der Waals surface area contributed by atoms with Crippen molar-refractivity contribution in [2.45, 2.75) is 116 Å². The monoisotopic (exact) mass is 371 g/mol. The largest absolute Gasteiger partial charge is 0.477 e. The minimum absolute atomic E-state index is 0. The number of carbonyl (C=O) groups is 1. The quantitative estimate of drug-likeness (QED) is 0.177. The van der Waals surface area contributed by atoms with E-state index in [9.17, 15) is 4.79 Å². The van der Waals surface area contributed by atoms with Crippen LogP contribution in [0.4, 0.5) is 0 Å². The normalized spacial score (nSPS) is 9.96. The Hall–Kier alpha value is 1.14. The van der Waals surface area contributed by atoms with E-state index in [1.807, 2.05) is 0 Å². The number of nitrogens with one attached hydrogen (secondary N) is 1.